The van der Waals surface area contributed by atoms with Crippen LogP contribution in [0.25, 0.3) is 0 Å². The fraction of sp³-hybridized carbons (Fsp3) is 0.846. The minimum atomic E-state index is -0.0627. The van der Waals surface area contributed by atoms with E-state index < -0.39 is 0 Å². The van der Waals surface area contributed by atoms with E-state index in [9.17, 15) is 5.11 Å². The maximum absolute atomic E-state index is 9.49. The minimum Gasteiger partial charge on any atom is -0.393 e. The Hall–Kier alpha value is -0.500. The van der Waals surface area contributed by atoms with Crippen molar-refractivity contribution in [2.24, 2.45) is 5.92 Å². The van der Waals surface area contributed by atoms with Gasteiger partial charge in [-0.05, 0) is 38.5 Å². The molecule has 1 rings (SSSR count). The molecular formula is C13H25NO. The molecule has 1 aliphatic rings. The van der Waals surface area contributed by atoms with Crippen molar-refractivity contribution in [2.75, 3.05) is 6.54 Å². The van der Waals surface area contributed by atoms with Crippen molar-refractivity contribution >= 4 is 0 Å². The molecule has 1 N–H and O–H groups in total. The molecule has 0 aliphatic heterocycles. The van der Waals surface area contributed by atoms with Crippen molar-refractivity contribution in [1.29, 1.82) is 0 Å². The van der Waals surface area contributed by atoms with E-state index in [4.69, 9.17) is 0 Å². The van der Waals surface area contributed by atoms with E-state index in [0.29, 0.717) is 12.0 Å². The van der Waals surface area contributed by atoms with Crippen molar-refractivity contribution < 1.29 is 5.11 Å². The van der Waals surface area contributed by atoms with Crippen LogP contribution < -0.4 is 0 Å². The van der Waals surface area contributed by atoms with Gasteiger partial charge in [0.15, 0.2) is 0 Å². The van der Waals surface area contributed by atoms with E-state index in [1.165, 1.54) is 5.70 Å². The molecule has 0 aromatic heterocycles. The van der Waals surface area contributed by atoms with Gasteiger partial charge in [-0.15, -0.1) is 0 Å². The smallest absolute Gasteiger partial charge is 0.0541 e. The highest BCUT2D eigenvalue weighted by molar-refractivity contribution is 5.00. The summed E-state index contributed by atoms with van der Waals surface area (Å²) in [4.78, 5) is 2.43. The van der Waals surface area contributed by atoms with Crippen molar-refractivity contribution in [3.63, 3.8) is 0 Å². The molecule has 0 spiro atoms. The Morgan fingerprint density at radius 1 is 1.33 bits per heavy atom. The number of aliphatic hydroxyl groups excluding tert-OH is 1. The predicted octanol–water partition coefficient (Wildman–Crippen LogP) is 2.78. The van der Waals surface area contributed by atoms with Gasteiger partial charge in [-0.25, -0.2) is 0 Å². The first-order chi connectivity index (χ1) is 7.06. The molecule has 1 fully saturated rings. The second-order valence-corrected chi connectivity index (χ2v) is 4.89. The lowest BCUT2D eigenvalue weighted by Gasteiger charge is -2.39. The van der Waals surface area contributed by atoms with E-state index in [0.717, 1.165) is 32.2 Å². The fourth-order valence-corrected chi connectivity index (χ4v) is 2.40. The van der Waals surface area contributed by atoms with Crippen molar-refractivity contribution in [3.8, 4) is 0 Å². The van der Waals surface area contributed by atoms with Crippen LogP contribution in [-0.4, -0.2) is 28.7 Å². The first-order valence-corrected chi connectivity index (χ1v) is 6.19. The highest BCUT2D eigenvalue weighted by atomic mass is 16.3. The Bertz CT molecular complexity index is 205. The highest BCUT2D eigenvalue weighted by Crippen LogP contribution is 2.27. The summed E-state index contributed by atoms with van der Waals surface area (Å²) in [6.07, 6.45) is 4.06. The molecular weight excluding hydrogens is 186 g/mol. The number of nitrogens with zero attached hydrogens (tertiary/aromatic N) is 1. The Labute approximate surface area is 94.0 Å². The molecule has 1 saturated carbocycles. The molecule has 1 aliphatic carbocycles. The van der Waals surface area contributed by atoms with Gasteiger partial charge in [0, 0.05) is 18.3 Å². The zero-order valence-corrected chi connectivity index (χ0v) is 10.4. The van der Waals surface area contributed by atoms with Gasteiger partial charge in [0.2, 0.25) is 0 Å². The van der Waals surface area contributed by atoms with E-state index in [1.807, 2.05) is 0 Å². The zero-order chi connectivity index (χ0) is 11.4. The summed E-state index contributed by atoms with van der Waals surface area (Å²) in [7, 11) is 0. The Balaban J connectivity index is 2.55. The molecule has 0 saturated heterocycles. The standard InChI is InChI=1S/C13H25NO/c1-5-14(11(4)10(2)3)12-6-8-13(15)9-7-12/h10,12-13,15H,4-9H2,1-3H3. The molecule has 0 heterocycles. The van der Waals surface area contributed by atoms with E-state index in [1.54, 1.807) is 0 Å². The first-order valence-electron chi connectivity index (χ1n) is 6.19. The third-order valence-corrected chi connectivity index (χ3v) is 3.48. The second kappa shape index (κ2) is 5.55. The summed E-state index contributed by atoms with van der Waals surface area (Å²) in [5.41, 5.74) is 1.25. The lowest BCUT2D eigenvalue weighted by Crippen LogP contribution is -2.39. The van der Waals surface area contributed by atoms with Crippen LogP contribution in [0.15, 0.2) is 12.3 Å². The molecule has 0 aromatic carbocycles. The Kier molecular flexibility index (Phi) is 4.65. The summed E-state index contributed by atoms with van der Waals surface area (Å²) in [6.45, 7) is 11.8. The average Bonchev–Trinajstić information content (AvgIpc) is 2.21. The van der Waals surface area contributed by atoms with Gasteiger partial charge >= 0.3 is 0 Å². The maximum Gasteiger partial charge on any atom is 0.0541 e. The van der Waals surface area contributed by atoms with Gasteiger partial charge in [-0.3, -0.25) is 0 Å². The molecule has 2 nitrogen and oxygen atoms in total. The first kappa shape index (κ1) is 12.6. The van der Waals surface area contributed by atoms with Gasteiger partial charge in [0.25, 0.3) is 0 Å². The maximum atomic E-state index is 9.49. The van der Waals surface area contributed by atoms with Gasteiger partial charge in [0.1, 0.15) is 0 Å². The van der Waals surface area contributed by atoms with E-state index in [2.05, 4.69) is 32.3 Å². The molecule has 0 aromatic rings. The highest BCUT2D eigenvalue weighted by Gasteiger charge is 2.25. The van der Waals surface area contributed by atoms with Crippen LogP contribution >= 0.6 is 0 Å². The van der Waals surface area contributed by atoms with Crippen LogP contribution in [0.5, 0.6) is 0 Å². The van der Waals surface area contributed by atoms with Gasteiger partial charge < -0.3 is 10.0 Å². The van der Waals surface area contributed by atoms with E-state index in [-0.39, 0.29) is 6.10 Å². The lowest BCUT2D eigenvalue weighted by molar-refractivity contribution is 0.0855. The van der Waals surface area contributed by atoms with Crippen LogP contribution in [0, 0.1) is 5.92 Å². The molecule has 0 radical (unpaired) electrons. The Morgan fingerprint density at radius 2 is 1.87 bits per heavy atom. The number of rotatable bonds is 4. The lowest BCUT2D eigenvalue weighted by atomic mass is 9.91. The number of allylic oxidation sites excluding steroid dienone is 1. The van der Waals surface area contributed by atoms with Crippen LogP contribution in [0.3, 0.4) is 0 Å². The molecule has 2 heteroatoms. The molecule has 0 amide bonds. The van der Waals surface area contributed by atoms with Crippen molar-refractivity contribution in [2.45, 2.75) is 58.6 Å². The molecule has 0 bridgehead atoms. The van der Waals surface area contributed by atoms with Crippen LogP contribution in [-0.2, 0) is 0 Å². The number of aliphatic hydroxyl groups is 1. The topological polar surface area (TPSA) is 23.5 Å². The normalized spacial score (nSPS) is 26.7. The zero-order valence-electron chi connectivity index (χ0n) is 10.4. The van der Waals surface area contributed by atoms with Gasteiger partial charge in [-0.1, -0.05) is 20.4 Å². The largest absolute Gasteiger partial charge is 0.393 e. The predicted molar refractivity (Wildman–Crippen MR) is 64.6 cm³/mol. The van der Waals surface area contributed by atoms with Crippen molar-refractivity contribution in [1.82, 2.24) is 4.90 Å². The summed E-state index contributed by atoms with van der Waals surface area (Å²) < 4.78 is 0. The number of hydrogen-bond acceptors (Lipinski definition) is 2. The summed E-state index contributed by atoms with van der Waals surface area (Å²) in [5, 5.41) is 9.49. The molecule has 0 unspecified atom stereocenters. The average molecular weight is 211 g/mol. The SMILES string of the molecule is C=C(C(C)C)N(CC)C1CCC(O)CC1. The van der Waals surface area contributed by atoms with Crippen LogP contribution in [0.4, 0.5) is 0 Å². The van der Waals surface area contributed by atoms with Crippen molar-refractivity contribution in [3.05, 3.63) is 12.3 Å². The monoisotopic (exact) mass is 211 g/mol. The molecule has 15 heavy (non-hydrogen) atoms. The minimum absolute atomic E-state index is 0.0627. The fourth-order valence-electron chi connectivity index (χ4n) is 2.40. The Morgan fingerprint density at radius 3 is 2.27 bits per heavy atom. The molecule has 88 valence electrons. The summed E-state index contributed by atoms with van der Waals surface area (Å²) in [5.74, 6) is 0.525. The number of hydrogen-bond donors (Lipinski definition) is 1. The van der Waals surface area contributed by atoms with E-state index >= 15 is 0 Å². The quantitative estimate of drug-likeness (QED) is 0.773. The van der Waals surface area contributed by atoms with Crippen LogP contribution in [0.1, 0.15) is 46.5 Å². The van der Waals surface area contributed by atoms with Crippen LogP contribution in [0.2, 0.25) is 0 Å². The third-order valence-electron chi connectivity index (χ3n) is 3.48. The van der Waals surface area contributed by atoms with Gasteiger partial charge in [0.05, 0.1) is 6.10 Å². The summed E-state index contributed by atoms with van der Waals surface area (Å²) >= 11 is 0. The van der Waals surface area contributed by atoms with Gasteiger partial charge in [-0.2, -0.15) is 0 Å². The third kappa shape index (κ3) is 3.23. The summed E-state index contributed by atoms with van der Waals surface area (Å²) in [6, 6.07) is 0.605. The second-order valence-electron chi connectivity index (χ2n) is 4.89. The molecule has 0 atom stereocenters.